The van der Waals surface area contributed by atoms with E-state index in [0.29, 0.717) is 69.9 Å². The monoisotopic (exact) mass is 652 g/mol. The fraction of sp³-hybridized carbons (Fsp3) is 0.200. The Bertz CT molecular complexity index is 2090. The molecule has 48 heavy (non-hydrogen) atoms. The van der Waals surface area contributed by atoms with E-state index in [1.807, 2.05) is 0 Å². The minimum absolute atomic E-state index is 0.0693. The van der Waals surface area contributed by atoms with Crippen molar-refractivity contribution in [2.24, 2.45) is 0 Å². The van der Waals surface area contributed by atoms with Crippen LogP contribution in [0.25, 0.3) is 32.9 Å². The van der Waals surface area contributed by atoms with Gasteiger partial charge in [0.25, 0.3) is 0 Å². The Labute approximate surface area is 273 Å². The highest BCUT2D eigenvalue weighted by molar-refractivity contribution is 6.00. The van der Waals surface area contributed by atoms with Crippen molar-refractivity contribution in [2.45, 2.75) is 0 Å². The predicted molar refractivity (Wildman–Crippen MR) is 175 cm³/mol. The molecule has 7 rings (SSSR count). The zero-order chi connectivity index (χ0) is 33.0. The average Bonchev–Trinajstić information content (AvgIpc) is 3.10. The molecule has 3 aromatic carbocycles. The van der Waals surface area contributed by atoms with Gasteiger partial charge in [-0.1, -0.05) is 12.1 Å². The van der Waals surface area contributed by atoms with Crippen molar-refractivity contribution in [2.75, 3.05) is 51.9 Å². The molecular formula is C35H30F2N6O5. The Morgan fingerprint density at radius 2 is 1.73 bits per heavy atom. The third kappa shape index (κ3) is 6.46. The van der Waals surface area contributed by atoms with Gasteiger partial charge in [0.1, 0.15) is 30.3 Å². The molecule has 1 aliphatic rings. The van der Waals surface area contributed by atoms with Crippen LogP contribution in [-0.4, -0.2) is 76.5 Å². The molecule has 2 N–H and O–H groups in total. The van der Waals surface area contributed by atoms with E-state index in [1.165, 1.54) is 43.0 Å². The summed E-state index contributed by atoms with van der Waals surface area (Å²) in [5.41, 5.74) is 2.32. The van der Waals surface area contributed by atoms with Gasteiger partial charge in [-0.2, -0.15) is 0 Å². The maximum atomic E-state index is 15.5. The fourth-order valence-electron chi connectivity index (χ4n) is 5.46. The molecule has 0 aliphatic carbocycles. The van der Waals surface area contributed by atoms with Crippen LogP contribution in [0, 0.1) is 11.6 Å². The van der Waals surface area contributed by atoms with Crippen molar-refractivity contribution >= 4 is 33.3 Å². The molecule has 1 aliphatic heterocycles. The van der Waals surface area contributed by atoms with Gasteiger partial charge in [0, 0.05) is 55.4 Å². The molecule has 11 nitrogen and oxygen atoms in total. The first-order valence-corrected chi connectivity index (χ1v) is 15.2. The number of anilines is 2. The number of rotatable bonds is 10. The van der Waals surface area contributed by atoms with Crippen LogP contribution in [-0.2, 0) is 4.74 Å². The van der Waals surface area contributed by atoms with Gasteiger partial charge in [-0.05, 0) is 42.0 Å². The number of halogens is 2. The van der Waals surface area contributed by atoms with Gasteiger partial charge in [-0.3, -0.25) is 9.88 Å². The Balaban J connectivity index is 1.13. The second kappa shape index (κ2) is 13.6. The number of aromatic hydroxyl groups is 1. The molecule has 0 atom stereocenters. The number of benzene rings is 3. The van der Waals surface area contributed by atoms with E-state index in [9.17, 15) is 9.50 Å². The first-order valence-electron chi connectivity index (χ1n) is 15.2. The number of ether oxygens (including phenoxy) is 4. The number of methoxy groups -OCH3 is 1. The van der Waals surface area contributed by atoms with E-state index < -0.39 is 11.6 Å². The van der Waals surface area contributed by atoms with Crippen LogP contribution in [0.5, 0.6) is 28.9 Å². The number of hydrogen-bond acceptors (Lipinski definition) is 11. The molecule has 6 aromatic rings. The molecular weight excluding hydrogens is 622 g/mol. The SMILES string of the molecule is COc1cc2ncnc(Oc3ccc(Nc4nccc5ncc(-c6ccc(F)cc6)c(O)c45)cc3F)c2cc1OCCN1CCOCC1. The highest BCUT2D eigenvalue weighted by atomic mass is 19.1. The molecule has 244 valence electrons. The highest BCUT2D eigenvalue weighted by Crippen LogP contribution is 2.40. The van der Waals surface area contributed by atoms with E-state index in [0.717, 1.165) is 19.6 Å². The number of morpholine rings is 1. The van der Waals surface area contributed by atoms with Gasteiger partial charge < -0.3 is 29.4 Å². The minimum Gasteiger partial charge on any atom is -0.506 e. The van der Waals surface area contributed by atoms with Crippen LogP contribution in [0.4, 0.5) is 20.3 Å². The number of pyridine rings is 2. The van der Waals surface area contributed by atoms with Crippen LogP contribution >= 0.6 is 0 Å². The third-order valence-corrected chi connectivity index (χ3v) is 7.96. The van der Waals surface area contributed by atoms with Crippen molar-refractivity contribution in [3.63, 3.8) is 0 Å². The van der Waals surface area contributed by atoms with E-state index in [4.69, 9.17) is 18.9 Å². The highest BCUT2D eigenvalue weighted by Gasteiger charge is 2.18. The lowest BCUT2D eigenvalue weighted by atomic mass is 10.0. The summed E-state index contributed by atoms with van der Waals surface area (Å²) in [6.45, 7) is 4.25. The zero-order valence-corrected chi connectivity index (χ0v) is 25.8. The summed E-state index contributed by atoms with van der Waals surface area (Å²) >= 11 is 0. The number of hydrogen-bond donors (Lipinski definition) is 2. The van der Waals surface area contributed by atoms with Gasteiger partial charge in [0.2, 0.25) is 5.88 Å². The molecule has 0 spiro atoms. The van der Waals surface area contributed by atoms with E-state index in [-0.39, 0.29) is 23.2 Å². The van der Waals surface area contributed by atoms with Crippen LogP contribution in [0.3, 0.4) is 0 Å². The van der Waals surface area contributed by atoms with Gasteiger partial charge in [0.05, 0.1) is 42.1 Å². The van der Waals surface area contributed by atoms with E-state index >= 15 is 4.39 Å². The lowest BCUT2D eigenvalue weighted by Gasteiger charge is -2.26. The first-order chi connectivity index (χ1) is 23.5. The second-order valence-electron chi connectivity index (χ2n) is 11.0. The molecule has 4 heterocycles. The summed E-state index contributed by atoms with van der Waals surface area (Å²) < 4.78 is 52.0. The maximum absolute atomic E-state index is 15.5. The largest absolute Gasteiger partial charge is 0.506 e. The van der Waals surface area contributed by atoms with Gasteiger partial charge in [0.15, 0.2) is 23.1 Å². The first kappa shape index (κ1) is 31.0. The molecule has 0 saturated carbocycles. The van der Waals surface area contributed by atoms with Crippen LogP contribution in [0.2, 0.25) is 0 Å². The second-order valence-corrected chi connectivity index (χ2v) is 11.0. The number of aromatic nitrogens is 4. The smallest absolute Gasteiger partial charge is 0.230 e. The predicted octanol–water partition coefficient (Wildman–Crippen LogP) is 6.48. The Kier molecular flexibility index (Phi) is 8.77. The van der Waals surface area contributed by atoms with Crippen molar-refractivity contribution in [3.8, 4) is 40.0 Å². The molecule has 1 saturated heterocycles. The molecule has 0 unspecified atom stereocenters. The van der Waals surface area contributed by atoms with Crippen molar-refractivity contribution in [1.82, 2.24) is 24.8 Å². The molecule has 0 amide bonds. The Morgan fingerprint density at radius 3 is 2.52 bits per heavy atom. The molecule has 0 radical (unpaired) electrons. The van der Waals surface area contributed by atoms with Crippen LogP contribution in [0.15, 0.2) is 79.4 Å². The third-order valence-electron chi connectivity index (χ3n) is 7.96. The molecule has 0 bridgehead atoms. The average molecular weight is 653 g/mol. The van der Waals surface area contributed by atoms with Crippen LogP contribution < -0.4 is 19.5 Å². The van der Waals surface area contributed by atoms with Crippen molar-refractivity contribution < 1.29 is 32.8 Å². The fourth-order valence-corrected chi connectivity index (χ4v) is 5.46. The Hall–Kier alpha value is -5.66. The number of nitrogens with one attached hydrogen (secondary N) is 1. The lowest BCUT2D eigenvalue weighted by Crippen LogP contribution is -2.38. The summed E-state index contributed by atoms with van der Waals surface area (Å²) in [4.78, 5) is 19.7. The normalized spacial score (nSPS) is 13.5. The topological polar surface area (TPSA) is 124 Å². The number of nitrogens with zero attached hydrogens (tertiary/aromatic N) is 5. The zero-order valence-electron chi connectivity index (χ0n) is 25.8. The maximum Gasteiger partial charge on any atom is 0.230 e. The summed E-state index contributed by atoms with van der Waals surface area (Å²) in [5.74, 6) is 0.153. The summed E-state index contributed by atoms with van der Waals surface area (Å²) in [5, 5.41) is 15.1. The number of fused-ring (bicyclic) bond motifs is 2. The summed E-state index contributed by atoms with van der Waals surface area (Å²) in [7, 11) is 1.55. The van der Waals surface area contributed by atoms with Crippen molar-refractivity contribution in [1.29, 1.82) is 0 Å². The van der Waals surface area contributed by atoms with Gasteiger partial charge in [-0.15, -0.1) is 0 Å². The summed E-state index contributed by atoms with van der Waals surface area (Å²) in [6.07, 6.45) is 4.36. The van der Waals surface area contributed by atoms with Gasteiger partial charge in [-0.25, -0.2) is 23.7 Å². The van der Waals surface area contributed by atoms with E-state index in [2.05, 4.69) is 30.2 Å². The standard InChI is InChI=1S/C35H30F2N6O5/c1-45-30-18-28-24(17-31(30)47-15-12-43-10-13-46-14-11-43)35(41-20-40-28)48-29-7-6-23(16-26(29)37)42-34-32-27(8-9-38-34)39-19-25(33(32)44)21-2-4-22(36)5-3-21/h2-9,16-20H,10-15H2,1H3,(H,38,42)(H,39,44). The van der Waals surface area contributed by atoms with E-state index in [1.54, 1.807) is 43.5 Å². The Morgan fingerprint density at radius 1 is 0.896 bits per heavy atom. The lowest BCUT2D eigenvalue weighted by molar-refractivity contribution is 0.0321. The molecule has 1 fully saturated rings. The quantitative estimate of drug-likeness (QED) is 0.169. The molecule has 13 heteroatoms. The van der Waals surface area contributed by atoms with Gasteiger partial charge >= 0.3 is 0 Å². The molecule has 3 aromatic heterocycles. The van der Waals surface area contributed by atoms with Crippen LogP contribution in [0.1, 0.15) is 0 Å². The minimum atomic E-state index is -0.670. The summed E-state index contributed by atoms with van der Waals surface area (Å²) in [6, 6.07) is 15.1. The van der Waals surface area contributed by atoms with Crippen molar-refractivity contribution in [3.05, 3.63) is 91.0 Å².